The average Bonchev–Trinajstić information content (AvgIpc) is 2.30. The van der Waals surface area contributed by atoms with Crippen molar-refractivity contribution in [1.82, 2.24) is 0 Å². The van der Waals surface area contributed by atoms with Gasteiger partial charge in [-0.3, -0.25) is 4.79 Å². The first-order chi connectivity index (χ1) is 5.55. The maximum absolute atomic E-state index is 11.0. The SMILES string of the molecule is CC1(C)C(=C2CCC2)C1C(=O)Cl. The van der Waals surface area contributed by atoms with E-state index in [1.807, 2.05) is 0 Å². The normalized spacial score (nSPS) is 31.4. The highest BCUT2D eigenvalue weighted by Gasteiger charge is 2.57. The summed E-state index contributed by atoms with van der Waals surface area (Å²) in [6.45, 7) is 4.22. The van der Waals surface area contributed by atoms with E-state index in [0.29, 0.717) is 0 Å². The van der Waals surface area contributed by atoms with E-state index < -0.39 is 0 Å². The quantitative estimate of drug-likeness (QED) is 0.453. The summed E-state index contributed by atoms with van der Waals surface area (Å²) in [5.41, 5.74) is 2.92. The minimum absolute atomic E-state index is 0.0365. The molecule has 0 aliphatic heterocycles. The average molecular weight is 185 g/mol. The highest BCUT2D eigenvalue weighted by molar-refractivity contribution is 6.65. The Morgan fingerprint density at radius 2 is 2.08 bits per heavy atom. The van der Waals surface area contributed by atoms with Crippen LogP contribution in [0.25, 0.3) is 0 Å². The summed E-state index contributed by atoms with van der Waals surface area (Å²) >= 11 is 5.51. The minimum atomic E-state index is -0.172. The Labute approximate surface area is 77.8 Å². The van der Waals surface area contributed by atoms with Gasteiger partial charge in [-0.2, -0.15) is 0 Å². The molecule has 0 bridgehead atoms. The largest absolute Gasteiger partial charge is 0.281 e. The summed E-state index contributed by atoms with van der Waals surface area (Å²) < 4.78 is 0. The Kier molecular flexibility index (Phi) is 1.63. The molecule has 2 saturated carbocycles. The van der Waals surface area contributed by atoms with Gasteiger partial charge in [0.15, 0.2) is 0 Å². The van der Waals surface area contributed by atoms with Crippen molar-refractivity contribution >= 4 is 16.8 Å². The monoisotopic (exact) mass is 184 g/mol. The fourth-order valence-corrected chi connectivity index (χ4v) is 2.61. The predicted molar refractivity (Wildman–Crippen MR) is 49.0 cm³/mol. The van der Waals surface area contributed by atoms with Gasteiger partial charge in [0.25, 0.3) is 0 Å². The van der Waals surface area contributed by atoms with Gasteiger partial charge in [0.1, 0.15) is 0 Å². The molecule has 0 heterocycles. The molecule has 0 saturated heterocycles. The number of hydrogen-bond acceptors (Lipinski definition) is 1. The molecule has 2 aliphatic carbocycles. The first kappa shape index (κ1) is 8.31. The van der Waals surface area contributed by atoms with Crippen molar-refractivity contribution < 1.29 is 4.79 Å². The molecule has 0 aromatic carbocycles. The highest BCUT2D eigenvalue weighted by atomic mass is 35.5. The molecule has 1 nitrogen and oxygen atoms in total. The second-order valence-electron chi connectivity index (χ2n) is 4.33. The molecule has 2 rings (SSSR count). The Balaban J connectivity index is 2.26. The summed E-state index contributed by atoms with van der Waals surface area (Å²) in [4.78, 5) is 11.0. The second kappa shape index (κ2) is 2.35. The number of rotatable bonds is 1. The van der Waals surface area contributed by atoms with Gasteiger partial charge in [-0.1, -0.05) is 25.0 Å². The number of carbonyl (C=O) groups is 1. The molecule has 2 aliphatic rings. The van der Waals surface area contributed by atoms with E-state index >= 15 is 0 Å². The zero-order chi connectivity index (χ0) is 8.93. The van der Waals surface area contributed by atoms with Gasteiger partial charge in [0, 0.05) is 5.41 Å². The first-order valence-corrected chi connectivity index (χ1v) is 4.84. The van der Waals surface area contributed by atoms with Crippen LogP contribution in [0, 0.1) is 11.3 Å². The fraction of sp³-hybridized carbons (Fsp3) is 0.700. The number of halogens is 1. The van der Waals surface area contributed by atoms with Crippen molar-refractivity contribution in [1.29, 1.82) is 0 Å². The zero-order valence-corrected chi connectivity index (χ0v) is 8.24. The van der Waals surface area contributed by atoms with Crippen molar-refractivity contribution in [2.75, 3.05) is 0 Å². The van der Waals surface area contributed by atoms with Gasteiger partial charge < -0.3 is 0 Å². The third-order valence-electron chi connectivity index (χ3n) is 3.19. The van der Waals surface area contributed by atoms with E-state index in [2.05, 4.69) is 13.8 Å². The molecule has 66 valence electrons. The molecule has 12 heavy (non-hydrogen) atoms. The summed E-state index contributed by atoms with van der Waals surface area (Å²) in [7, 11) is 0. The Morgan fingerprint density at radius 3 is 2.33 bits per heavy atom. The van der Waals surface area contributed by atoms with Crippen LogP contribution in [-0.4, -0.2) is 5.24 Å². The molecular formula is C10H13ClO. The summed E-state index contributed by atoms with van der Waals surface area (Å²) in [6.07, 6.45) is 3.68. The molecule has 0 aromatic heterocycles. The van der Waals surface area contributed by atoms with Crippen LogP contribution in [0.3, 0.4) is 0 Å². The molecule has 1 unspecified atom stereocenters. The van der Waals surface area contributed by atoms with E-state index in [4.69, 9.17) is 11.6 Å². The maximum Gasteiger partial charge on any atom is 0.229 e. The third kappa shape index (κ3) is 0.957. The van der Waals surface area contributed by atoms with Crippen LogP contribution in [0.4, 0.5) is 0 Å². The van der Waals surface area contributed by atoms with Crippen LogP contribution in [0.15, 0.2) is 11.1 Å². The lowest BCUT2D eigenvalue weighted by Crippen LogP contribution is -1.98. The van der Waals surface area contributed by atoms with Crippen molar-refractivity contribution in [2.45, 2.75) is 33.1 Å². The first-order valence-electron chi connectivity index (χ1n) is 4.47. The molecule has 0 N–H and O–H groups in total. The summed E-state index contributed by atoms with van der Waals surface area (Å²) in [5.74, 6) is 0.0365. The number of carbonyl (C=O) groups excluding carboxylic acids is 1. The molecule has 1 atom stereocenters. The topological polar surface area (TPSA) is 17.1 Å². The van der Waals surface area contributed by atoms with Crippen LogP contribution >= 0.6 is 11.6 Å². The third-order valence-corrected chi connectivity index (χ3v) is 3.40. The van der Waals surface area contributed by atoms with Gasteiger partial charge in [-0.15, -0.1) is 0 Å². The smallest absolute Gasteiger partial charge is 0.229 e. The van der Waals surface area contributed by atoms with E-state index in [0.717, 1.165) is 0 Å². The second-order valence-corrected chi connectivity index (χ2v) is 4.70. The van der Waals surface area contributed by atoms with Crippen LogP contribution in [0.2, 0.25) is 0 Å². The van der Waals surface area contributed by atoms with Crippen molar-refractivity contribution in [3.8, 4) is 0 Å². The Morgan fingerprint density at radius 1 is 1.50 bits per heavy atom. The maximum atomic E-state index is 11.0. The molecule has 2 fully saturated rings. The van der Waals surface area contributed by atoms with Crippen LogP contribution in [-0.2, 0) is 4.79 Å². The number of allylic oxidation sites excluding steroid dienone is 2. The van der Waals surface area contributed by atoms with Crippen molar-refractivity contribution in [2.24, 2.45) is 11.3 Å². The molecular weight excluding hydrogens is 172 g/mol. The van der Waals surface area contributed by atoms with E-state index in [-0.39, 0.29) is 16.6 Å². The lowest BCUT2D eigenvalue weighted by molar-refractivity contribution is -0.113. The lowest BCUT2D eigenvalue weighted by atomic mass is 9.90. The van der Waals surface area contributed by atoms with Crippen molar-refractivity contribution in [3.05, 3.63) is 11.1 Å². The zero-order valence-electron chi connectivity index (χ0n) is 7.48. The van der Waals surface area contributed by atoms with E-state index in [1.165, 1.54) is 30.4 Å². The molecule has 2 heteroatoms. The van der Waals surface area contributed by atoms with Crippen LogP contribution in [0.1, 0.15) is 33.1 Å². The van der Waals surface area contributed by atoms with Gasteiger partial charge >= 0.3 is 0 Å². The molecule has 0 spiro atoms. The van der Waals surface area contributed by atoms with Crippen LogP contribution in [0.5, 0.6) is 0 Å². The number of hydrogen-bond donors (Lipinski definition) is 0. The lowest BCUT2D eigenvalue weighted by Gasteiger charge is -2.16. The molecule has 0 radical (unpaired) electrons. The van der Waals surface area contributed by atoms with Crippen molar-refractivity contribution in [3.63, 3.8) is 0 Å². The molecule has 0 aromatic rings. The van der Waals surface area contributed by atoms with E-state index in [1.54, 1.807) is 0 Å². The van der Waals surface area contributed by atoms with Gasteiger partial charge in [0.2, 0.25) is 5.24 Å². The summed E-state index contributed by atoms with van der Waals surface area (Å²) in [5, 5.41) is -0.172. The highest BCUT2D eigenvalue weighted by Crippen LogP contribution is 2.62. The van der Waals surface area contributed by atoms with Crippen LogP contribution < -0.4 is 0 Å². The molecule has 0 amide bonds. The fourth-order valence-electron chi connectivity index (χ4n) is 2.23. The minimum Gasteiger partial charge on any atom is -0.281 e. The summed E-state index contributed by atoms with van der Waals surface area (Å²) in [6, 6.07) is 0. The predicted octanol–water partition coefficient (Wildman–Crippen LogP) is 2.89. The Bertz CT molecular complexity index is 270. The Hall–Kier alpha value is -0.300. The van der Waals surface area contributed by atoms with Gasteiger partial charge in [0.05, 0.1) is 5.92 Å². The standard InChI is InChI=1S/C10H13ClO/c1-10(2)7(6-4-3-5-6)8(10)9(11)12/h8H,3-5H2,1-2H3. The van der Waals surface area contributed by atoms with Gasteiger partial charge in [-0.25, -0.2) is 0 Å². The van der Waals surface area contributed by atoms with Gasteiger partial charge in [-0.05, 0) is 30.9 Å². The van der Waals surface area contributed by atoms with E-state index in [9.17, 15) is 4.79 Å².